The Kier molecular flexibility index (Phi) is 3.39. The van der Waals surface area contributed by atoms with E-state index in [1.807, 2.05) is 6.07 Å². The highest BCUT2D eigenvalue weighted by Crippen LogP contribution is 2.29. The average molecular weight is 246 g/mol. The SMILES string of the molecule is O=C(O)C(O)c1cc(F)ccc1-c1ccccc1. The van der Waals surface area contributed by atoms with Gasteiger partial charge in [0, 0.05) is 5.56 Å². The average Bonchev–Trinajstić information content (AvgIpc) is 2.38. The topological polar surface area (TPSA) is 57.5 Å². The lowest BCUT2D eigenvalue weighted by Crippen LogP contribution is -2.12. The van der Waals surface area contributed by atoms with Gasteiger partial charge in [0.15, 0.2) is 6.10 Å². The van der Waals surface area contributed by atoms with Gasteiger partial charge in [-0.25, -0.2) is 9.18 Å². The van der Waals surface area contributed by atoms with E-state index in [1.54, 1.807) is 24.3 Å². The molecule has 0 aliphatic heterocycles. The Balaban J connectivity index is 2.57. The summed E-state index contributed by atoms with van der Waals surface area (Å²) < 4.78 is 13.2. The second kappa shape index (κ2) is 4.98. The highest BCUT2D eigenvalue weighted by molar-refractivity contribution is 5.79. The Bertz CT molecular complexity index is 567. The lowest BCUT2D eigenvalue weighted by molar-refractivity contribution is -0.146. The number of hydrogen-bond donors (Lipinski definition) is 2. The highest BCUT2D eigenvalue weighted by Gasteiger charge is 2.20. The third kappa shape index (κ3) is 2.38. The summed E-state index contributed by atoms with van der Waals surface area (Å²) in [6.07, 6.45) is -1.74. The van der Waals surface area contributed by atoms with Gasteiger partial charge in [-0.3, -0.25) is 0 Å². The summed E-state index contributed by atoms with van der Waals surface area (Å²) in [7, 11) is 0. The van der Waals surface area contributed by atoms with Crippen molar-refractivity contribution >= 4 is 5.97 Å². The van der Waals surface area contributed by atoms with Crippen LogP contribution in [-0.2, 0) is 4.79 Å². The fourth-order valence-electron chi connectivity index (χ4n) is 1.77. The summed E-state index contributed by atoms with van der Waals surface area (Å²) in [6, 6.07) is 12.7. The Hall–Kier alpha value is -2.20. The molecule has 18 heavy (non-hydrogen) atoms. The molecule has 2 N–H and O–H groups in total. The van der Waals surface area contributed by atoms with Crippen molar-refractivity contribution < 1.29 is 19.4 Å². The summed E-state index contributed by atoms with van der Waals surface area (Å²) in [4.78, 5) is 10.8. The highest BCUT2D eigenvalue weighted by atomic mass is 19.1. The van der Waals surface area contributed by atoms with Crippen LogP contribution in [0.1, 0.15) is 11.7 Å². The van der Waals surface area contributed by atoms with Gasteiger partial charge in [-0.05, 0) is 23.3 Å². The lowest BCUT2D eigenvalue weighted by Gasteiger charge is -2.12. The Morgan fingerprint density at radius 2 is 1.78 bits per heavy atom. The quantitative estimate of drug-likeness (QED) is 0.875. The fraction of sp³-hybridized carbons (Fsp3) is 0.0714. The van der Waals surface area contributed by atoms with Crippen molar-refractivity contribution in [2.75, 3.05) is 0 Å². The molecule has 2 aromatic rings. The van der Waals surface area contributed by atoms with Gasteiger partial charge >= 0.3 is 5.97 Å². The van der Waals surface area contributed by atoms with Gasteiger partial charge < -0.3 is 10.2 Å². The molecule has 0 bridgehead atoms. The Morgan fingerprint density at radius 3 is 2.39 bits per heavy atom. The summed E-state index contributed by atoms with van der Waals surface area (Å²) in [6.45, 7) is 0. The number of carboxylic acid groups (broad SMARTS) is 1. The minimum absolute atomic E-state index is 0.0497. The van der Waals surface area contributed by atoms with Crippen LogP contribution in [-0.4, -0.2) is 16.2 Å². The van der Waals surface area contributed by atoms with E-state index < -0.39 is 17.9 Å². The first-order valence-electron chi connectivity index (χ1n) is 5.35. The van der Waals surface area contributed by atoms with Crippen molar-refractivity contribution in [3.8, 4) is 11.1 Å². The molecular weight excluding hydrogens is 235 g/mol. The second-order valence-electron chi connectivity index (χ2n) is 3.84. The van der Waals surface area contributed by atoms with Crippen LogP contribution in [0.25, 0.3) is 11.1 Å². The molecule has 0 heterocycles. The number of halogens is 1. The van der Waals surface area contributed by atoms with E-state index in [4.69, 9.17) is 5.11 Å². The molecule has 0 saturated carbocycles. The number of carboxylic acids is 1. The second-order valence-corrected chi connectivity index (χ2v) is 3.84. The van der Waals surface area contributed by atoms with Crippen molar-refractivity contribution in [3.05, 3.63) is 59.9 Å². The summed E-state index contributed by atoms with van der Waals surface area (Å²) >= 11 is 0. The molecule has 0 aromatic heterocycles. The van der Waals surface area contributed by atoms with Crippen LogP contribution in [0.5, 0.6) is 0 Å². The van der Waals surface area contributed by atoms with Crippen LogP contribution < -0.4 is 0 Å². The van der Waals surface area contributed by atoms with E-state index in [9.17, 15) is 14.3 Å². The molecule has 0 fully saturated rings. The summed E-state index contributed by atoms with van der Waals surface area (Å²) in [5.41, 5.74) is 1.29. The zero-order valence-corrected chi connectivity index (χ0v) is 9.38. The number of aliphatic hydroxyl groups excluding tert-OH is 1. The number of rotatable bonds is 3. The van der Waals surface area contributed by atoms with Gasteiger partial charge in [-0.1, -0.05) is 36.4 Å². The molecule has 4 heteroatoms. The number of aliphatic carboxylic acids is 1. The van der Waals surface area contributed by atoms with Crippen LogP contribution >= 0.6 is 0 Å². The minimum Gasteiger partial charge on any atom is -0.479 e. The zero-order chi connectivity index (χ0) is 13.1. The van der Waals surface area contributed by atoms with Crippen LogP contribution in [0, 0.1) is 5.82 Å². The van der Waals surface area contributed by atoms with Crippen molar-refractivity contribution in [2.45, 2.75) is 6.10 Å². The number of aliphatic hydroxyl groups is 1. The maximum atomic E-state index is 13.2. The Labute approximate surface area is 103 Å². The number of carbonyl (C=O) groups is 1. The van der Waals surface area contributed by atoms with Crippen molar-refractivity contribution in [3.63, 3.8) is 0 Å². The predicted octanol–water partition coefficient (Wildman–Crippen LogP) is 2.61. The van der Waals surface area contributed by atoms with E-state index in [0.29, 0.717) is 5.56 Å². The molecular formula is C14H11FO3. The minimum atomic E-state index is -1.74. The van der Waals surface area contributed by atoms with Crippen molar-refractivity contribution in [1.29, 1.82) is 0 Å². The molecule has 0 aliphatic rings. The van der Waals surface area contributed by atoms with Crippen LogP contribution in [0.2, 0.25) is 0 Å². The van der Waals surface area contributed by atoms with Crippen LogP contribution in [0.3, 0.4) is 0 Å². The first-order chi connectivity index (χ1) is 8.59. The molecule has 2 aromatic carbocycles. The molecule has 0 saturated heterocycles. The summed E-state index contributed by atoms with van der Waals surface area (Å²) in [5, 5.41) is 18.4. The largest absolute Gasteiger partial charge is 0.479 e. The monoisotopic (exact) mass is 246 g/mol. The van der Waals surface area contributed by atoms with E-state index in [1.165, 1.54) is 12.1 Å². The van der Waals surface area contributed by atoms with E-state index in [2.05, 4.69) is 0 Å². The van der Waals surface area contributed by atoms with Crippen molar-refractivity contribution in [1.82, 2.24) is 0 Å². The third-order valence-electron chi connectivity index (χ3n) is 2.63. The first-order valence-corrected chi connectivity index (χ1v) is 5.35. The first kappa shape index (κ1) is 12.3. The molecule has 0 amide bonds. The van der Waals surface area contributed by atoms with Gasteiger partial charge in [-0.15, -0.1) is 0 Å². The van der Waals surface area contributed by atoms with Gasteiger partial charge in [0.1, 0.15) is 5.82 Å². The molecule has 92 valence electrons. The molecule has 0 spiro atoms. The Morgan fingerprint density at radius 1 is 1.11 bits per heavy atom. The molecule has 0 radical (unpaired) electrons. The standard InChI is InChI=1S/C14H11FO3/c15-10-6-7-11(9-4-2-1-3-5-9)12(8-10)13(16)14(17)18/h1-8,13,16H,(H,17,18). The molecule has 1 unspecified atom stereocenters. The van der Waals surface area contributed by atoms with Gasteiger partial charge in [0.2, 0.25) is 0 Å². The molecule has 2 rings (SSSR count). The molecule has 1 atom stereocenters. The zero-order valence-electron chi connectivity index (χ0n) is 9.38. The molecule has 3 nitrogen and oxygen atoms in total. The maximum Gasteiger partial charge on any atom is 0.337 e. The van der Waals surface area contributed by atoms with Crippen LogP contribution in [0.4, 0.5) is 4.39 Å². The lowest BCUT2D eigenvalue weighted by atomic mass is 9.96. The smallest absolute Gasteiger partial charge is 0.337 e. The predicted molar refractivity (Wildman–Crippen MR) is 64.4 cm³/mol. The normalized spacial score (nSPS) is 12.1. The van der Waals surface area contributed by atoms with Crippen molar-refractivity contribution in [2.24, 2.45) is 0 Å². The van der Waals surface area contributed by atoms with E-state index in [-0.39, 0.29) is 5.56 Å². The van der Waals surface area contributed by atoms with Gasteiger partial charge in [0.25, 0.3) is 0 Å². The third-order valence-corrected chi connectivity index (χ3v) is 2.63. The maximum absolute atomic E-state index is 13.2. The fourth-order valence-corrected chi connectivity index (χ4v) is 1.77. The van der Waals surface area contributed by atoms with Crippen LogP contribution in [0.15, 0.2) is 48.5 Å². The van der Waals surface area contributed by atoms with Gasteiger partial charge in [0.05, 0.1) is 0 Å². The molecule has 0 aliphatic carbocycles. The van der Waals surface area contributed by atoms with E-state index >= 15 is 0 Å². The number of hydrogen-bond acceptors (Lipinski definition) is 2. The number of benzene rings is 2. The summed E-state index contributed by atoms with van der Waals surface area (Å²) in [5.74, 6) is -1.98. The van der Waals surface area contributed by atoms with Gasteiger partial charge in [-0.2, -0.15) is 0 Å². The van der Waals surface area contributed by atoms with E-state index in [0.717, 1.165) is 11.6 Å².